The molecule has 1 fully saturated rings. The van der Waals surface area contributed by atoms with E-state index in [2.05, 4.69) is 0 Å². The Morgan fingerprint density at radius 1 is 1.00 bits per heavy atom. The van der Waals surface area contributed by atoms with Crippen molar-refractivity contribution in [3.63, 3.8) is 0 Å². The van der Waals surface area contributed by atoms with Crippen LogP contribution in [0.15, 0.2) is 36.4 Å². The van der Waals surface area contributed by atoms with Crippen molar-refractivity contribution in [3.05, 3.63) is 36.4 Å². The van der Waals surface area contributed by atoms with Crippen LogP contribution in [0.25, 0.3) is 0 Å². The zero-order valence-electron chi connectivity index (χ0n) is 13.4. The summed E-state index contributed by atoms with van der Waals surface area (Å²) in [6.45, 7) is 0.859. The number of rotatable bonds is 3. The van der Waals surface area contributed by atoms with E-state index >= 15 is 0 Å². The number of aliphatic hydroxyl groups excluding tert-OH is 2. The van der Waals surface area contributed by atoms with Crippen molar-refractivity contribution in [2.45, 2.75) is 30.7 Å². The van der Waals surface area contributed by atoms with Gasteiger partial charge in [-0.3, -0.25) is 0 Å². The molecule has 1 saturated heterocycles. The number of aliphatic hydroxyl groups is 2. The van der Waals surface area contributed by atoms with Crippen LogP contribution in [0.5, 0.6) is 11.5 Å². The van der Waals surface area contributed by atoms with Gasteiger partial charge in [0.2, 0.25) is 6.29 Å². The van der Waals surface area contributed by atoms with Gasteiger partial charge in [0.1, 0.15) is 35.9 Å². The van der Waals surface area contributed by atoms with Crippen LogP contribution in [0.4, 0.5) is 0 Å². The molecular weight excluding hydrogens is 316 g/mol. The molecule has 24 heavy (non-hydrogen) atoms. The molecule has 3 unspecified atom stereocenters. The van der Waals surface area contributed by atoms with E-state index in [0.29, 0.717) is 18.1 Å². The molecule has 0 aromatic heterocycles. The molecule has 0 amide bonds. The molecule has 1 aromatic rings. The van der Waals surface area contributed by atoms with E-state index in [1.165, 1.54) is 0 Å². The molecular formula is C17H22O7. The van der Waals surface area contributed by atoms with E-state index in [-0.39, 0.29) is 13.2 Å². The quantitative estimate of drug-likeness (QED) is 0.776. The van der Waals surface area contributed by atoms with Gasteiger partial charge in [-0.2, -0.15) is 0 Å². The molecule has 0 radical (unpaired) electrons. The second kappa shape index (κ2) is 7.96. The highest BCUT2D eigenvalue weighted by Gasteiger charge is 2.46. The van der Waals surface area contributed by atoms with Crippen LogP contribution >= 0.6 is 0 Å². The lowest BCUT2D eigenvalue weighted by molar-refractivity contribution is -0.286. The van der Waals surface area contributed by atoms with Gasteiger partial charge in [-0.15, -0.1) is 0 Å². The van der Waals surface area contributed by atoms with Crippen LogP contribution in [-0.2, 0) is 14.2 Å². The standard InChI is InChI=1S/C17H22O7/c1-20-11-4-6-12(7-5-11)23-17-15(19)16-14(18)13(24-17)10-21-8-2-3-9-22-16/h2-7,13-19H,8-10H2,1H3/b3-2-/t13?,14-,15?,16?,17-/m1/s1. The molecule has 0 spiro atoms. The van der Waals surface area contributed by atoms with Gasteiger partial charge < -0.3 is 33.9 Å². The van der Waals surface area contributed by atoms with Crippen LogP contribution in [-0.4, -0.2) is 67.8 Å². The Hall–Kier alpha value is -1.64. The summed E-state index contributed by atoms with van der Waals surface area (Å²) in [6.07, 6.45) is -0.955. The van der Waals surface area contributed by atoms with Gasteiger partial charge in [-0.05, 0) is 24.3 Å². The average Bonchev–Trinajstić information content (AvgIpc) is 2.60. The predicted octanol–water partition coefficient (Wildman–Crippen LogP) is 0.492. The number of ether oxygens (including phenoxy) is 5. The minimum atomic E-state index is -1.13. The number of hydrogen-bond donors (Lipinski definition) is 2. The lowest BCUT2D eigenvalue weighted by atomic mass is 9.99. The highest BCUT2D eigenvalue weighted by Crippen LogP contribution is 2.27. The molecule has 0 saturated carbocycles. The summed E-state index contributed by atoms with van der Waals surface area (Å²) in [5.74, 6) is 1.21. The van der Waals surface area contributed by atoms with E-state index in [1.807, 2.05) is 6.08 Å². The maximum Gasteiger partial charge on any atom is 0.229 e. The third-order valence-corrected chi connectivity index (χ3v) is 4.00. The fraction of sp³-hybridized carbons (Fsp3) is 0.529. The first-order valence-electron chi connectivity index (χ1n) is 7.85. The third kappa shape index (κ3) is 3.88. The lowest BCUT2D eigenvalue weighted by Crippen LogP contribution is -2.61. The van der Waals surface area contributed by atoms with Crippen LogP contribution in [0.3, 0.4) is 0 Å². The summed E-state index contributed by atoms with van der Waals surface area (Å²) < 4.78 is 27.6. The summed E-state index contributed by atoms with van der Waals surface area (Å²) >= 11 is 0. The number of fused-ring (bicyclic) bond motifs is 2. The molecule has 132 valence electrons. The zero-order valence-corrected chi connectivity index (χ0v) is 13.4. The zero-order chi connectivity index (χ0) is 16.9. The fourth-order valence-electron chi connectivity index (χ4n) is 2.68. The molecule has 2 aliphatic heterocycles. The van der Waals surface area contributed by atoms with Gasteiger partial charge in [0.15, 0.2) is 0 Å². The summed E-state index contributed by atoms with van der Waals surface area (Å²) in [4.78, 5) is 0. The van der Waals surface area contributed by atoms with E-state index < -0.39 is 30.7 Å². The molecule has 2 bridgehead atoms. The molecule has 1 aromatic carbocycles. The first-order chi connectivity index (χ1) is 11.7. The van der Waals surface area contributed by atoms with Crippen LogP contribution < -0.4 is 9.47 Å². The molecule has 7 heteroatoms. The maximum atomic E-state index is 10.5. The van der Waals surface area contributed by atoms with Crippen molar-refractivity contribution in [1.82, 2.24) is 0 Å². The lowest BCUT2D eigenvalue weighted by Gasteiger charge is -2.42. The minimum absolute atomic E-state index is 0.181. The van der Waals surface area contributed by atoms with Crippen LogP contribution in [0.1, 0.15) is 0 Å². The SMILES string of the molecule is COc1ccc(O[C@@H]2OC3COC/C=C\COC(C2O)[C@@H]3O)cc1. The Bertz CT molecular complexity index is 544. The minimum Gasteiger partial charge on any atom is -0.497 e. The van der Waals surface area contributed by atoms with Crippen molar-refractivity contribution in [3.8, 4) is 11.5 Å². The fourth-order valence-corrected chi connectivity index (χ4v) is 2.68. The van der Waals surface area contributed by atoms with Crippen molar-refractivity contribution >= 4 is 0 Å². The van der Waals surface area contributed by atoms with E-state index in [4.69, 9.17) is 23.7 Å². The van der Waals surface area contributed by atoms with Crippen molar-refractivity contribution in [1.29, 1.82) is 0 Å². The van der Waals surface area contributed by atoms with E-state index in [0.717, 1.165) is 0 Å². The van der Waals surface area contributed by atoms with Gasteiger partial charge in [0, 0.05) is 0 Å². The summed E-state index contributed by atoms with van der Waals surface area (Å²) in [7, 11) is 1.58. The molecule has 2 N–H and O–H groups in total. The average molecular weight is 338 g/mol. The van der Waals surface area contributed by atoms with Crippen LogP contribution in [0.2, 0.25) is 0 Å². The Labute approximate surface area is 140 Å². The Kier molecular flexibility index (Phi) is 5.70. The number of benzene rings is 1. The molecule has 0 aliphatic carbocycles. The second-order valence-electron chi connectivity index (χ2n) is 5.62. The first-order valence-corrected chi connectivity index (χ1v) is 7.85. The number of hydrogen-bond acceptors (Lipinski definition) is 7. The third-order valence-electron chi connectivity index (χ3n) is 4.00. The Morgan fingerprint density at radius 2 is 1.71 bits per heavy atom. The normalized spacial score (nSPS) is 35.0. The topological polar surface area (TPSA) is 86.6 Å². The smallest absolute Gasteiger partial charge is 0.229 e. The molecule has 2 heterocycles. The maximum absolute atomic E-state index is 10.5. The second-order valence-corrected chi connectivity index (χ2v) is 5.62. The Balaban J connectivity index is 1.73. The van der Waals surface area contributed by atoms with Crippen molar-refractivity contribution in [2.75, 3.05) is 26.9 Å². The van der Waals surface area contributed by atoms with Crippen molar-refractivity contribution in [2.24, 2.45) is 0 Å². The molecule has 3 rings (SSSR count). The van der Waals surface area contributed by atoms with E-state index in [1.54, 1.807) is 37.5 Å². The predicted molar refractivity (Wildman–Crippen MR) is 84.0 cm³/mol. The monoisotopic (exact) mass is 338 g/mol. The number of methoxy groups -OCH3 is 1. The largest absolute Gasteiger partial charge is 0.497 e. The van der Waals surface area contributed by atoms with Gasteiger partial charge in [0.05, 0.1) is 26.9 Å². The van der Waals surface area contributed by atoms with Crippen molar-refractivity contribution < 1.29 is 33.9 Å². The summed E-state index contributed by atoms with van der Waals surface area (Å²) in [6, 6.07) is 6.93. The van der Waals surface area contributed by atoms with Gasteiger partial charge in [-0.25, -0.2) is 0 Å². The van der Waals surface area contributed by atoms with Gasteiger partial charge >= 0.3 is 0 Å². The molecule has 7 nitrogen and oxygen atoms in total. The van der Waals surface area contributed by atoms with Crippen LogP contribution in [0, 0.1) is 0 Å². The van der Waals surface area contributed by atoms with E-state index in [9.17, 15) is 10.2 Å². The van der Waals surface area contributed by atoms with Gasteiger partial charge in [-0.1, -0.05) is 12.2 Å². The Morgan fingerprint density at radius 3 is 2.46 bits per heavy atom. The first kappa shape index (κ1) is 17.2. The highest BCUT2D eigenvalue weighted by molar-refractivity contribution is 5.31. The van der Waals surface area contributed by atoms with Gasteiger partial charge in [0.25, 0.3) is 0 Å². The molecule has 2 aliphatic rings. The summed E-state index contributed by atoms with van der Waals surface area (Å²) in [5.41, 5.74) is 0. The summed E-state index contributed by atoms with van der Waals surface area (Å²) in [5, 5.41) is 20.8. The molecule has 5 atom stereocenters. The highest BCUT2D eigenvalue weighted by atomic mass is 16.7.